The molecule has 12 heavy (non-hydrogen) atoms. The molecule has 0 fully saturated rings. The molecule has 0 aliphatic heterocycles. The molecule has 0 aliphatic rings. The van der Waals surface area contributed by atoms with Gasteiger partial charge in [-0.15, -0.1) is 0 Å². The molecule has 0 radical (unpaired) electrons. The molecule has 0 aromatic heterocycles. The number of unbranched alkanes of at least 4 members (excludes halogenated alkanes) is 5. The number of carboxylic acid groups (broad SMARTS) is 1. The van der Waals surface area contributed by atoms with E-state index in [9.17, 15) is 4.79 Å². The number of aliphatic carboxylic acids is 1. The largest absolute Gasteiger partial charge is 0.481 e. The van der Waals surface area contributed by atoms with Crippen LogP contribution in [0.2, 0.25) is 0 Å². The Balaban J connectivity index is 0. The van der Waals surface area contributed by atoms with Crippen molar-refractivity contribution in [2.24, 2.45) is 0 Å². The summed E-state index contributed by atoms with van der Waals surface area (Å²) < 4.78 is 0. The Hall–Kier alpha value is 0.392. The molecule has 0 saturated carbocycles. The zero-order valence-corrected chi connectivity index (χ0v) is 12.0. The fourth-order valence-electron chi connectivity index (χ4n) is 1.06. The topological polar surface area (TPSA) is 37.3 Å². The van der Waals surface area contributed by atoms with Gasteiger partial charge in [-0.05, 0) is 6.42 Å². The first-order valence-electron chi connectivity index (χ1n) is 4.49. The van der Waals surface area contributed by atoms with E-state index in [1.54, 1.807) is 0 Å². The van der Waals surface area contributed by atoms with Crippen LogP contribution in [0.5, 0.6) is 0 Å². The quantitative estimate of drug-likeness (QED) is 0.570. The van der Waals surface area contributed by atoms with Gasteiger partial charge in [0, 0.05) is 33.7 Å². The van der Waals surface area contributed by atoms with Crippen molar-refractivity contribution in [3.8, 4) is 0 Å². The van der Waals surface area contributed by atoms with Gasteiger partial charge in [0.25, 0.3) is 0 Å². The second-order valence-electron chi connectivity index (χ2n) is 2.91. The van der Waals surface area contributed by atoms with E-state index < -0.39 is 5.97 Å². The number of hydrogen-bond donors (Lipinski definition) is 1. The van der Waals surface area contributed by atoms with E-state index in [1.165, 1.54) is 25.7 Å². The molecule has 0 aliphatic carbocycles. The van der Waals surface area contributed by atoms with Crippen LogP contribution in [0.3, 0.4) is 0 Å². The second-order valence-corrected chi connectivity index (χ2v) is 2.91. The maximum absolute atomic E-state index is 10.1. The van der Waals surface area contributed by atoms with Gasteiger partial charge in [0.15, 0.2) is 0 Å². The number of hydrogen-bond acceptors (Lipinski definition) is 1. The van der Waals surface area contributed by atoms with Crippen molar-refractivity contribution >= 4 is 5.97 Å². The summed E-state index contributed by atoms with van der Waals surface area (Å²) in [6.45, 7) is 2.18. The molecule has 0 heterocycles. The molecule has 1 N–H and O–H groups in total. The van der Waals surface area contributed by atoms with E-state index in [2.05, 4.69) is 6.92 Å². The Kier molecular flexibility index (Phi) is 14.1. The first kappa shape index (κ1) is 14.9. The molecule has 3 heteroatoms. The van der Waals surface area contributed by atoms with Crippen LogP contribution in [0, 0.1) is 0 Å². The molecule has 0 aromatic rings. The van der Waals surface area contributed by atoms with Crippen molar-refractivity contribution in [3.05, 3.63) is 0 Å². The van der Waals surface area contributed by atoms with Gasteiger partial charge in [-0.25, -0.2) is 0 Å². The standard InChI is InChI=1S/C9H18O2.Cd/c1-2-3-4-5-6-7-8-9(10)11;/h2-8H2,1H3,(H,10,11);. The third-order valence-corrected chi connectivity index (χ3v) is 1.74. The van der Waals surface area contributed by atoms with Crippen molar-refractivity contribution in [1.29, 1.82) is 0 Å². The van der Waals surface area contributed by atoms with Crippen molar-refractivity contribution in [3.63, 3.8) is 0 Å². The third-order valence-electron chi connectivity index (χ3n) is 1.74. The molecule has 2 nitrogen and oxygen atoms in total. The molecule has 0 amide bonds. The van der Waals surface area contributed by atoms with E-state index in [0.717, 1.165) is 12.8 Å². The predicted molar refractivity (Wildman–Crippen MR) is 45.6 cm³/mol. The summed E-state index contributed by atoms with van der Waals surface area (Å²) in [6.07, 6.45) is 7.25. The molecule has 0 aromatic carbocycles. The summed E-state index contributed by atoms with van der Waals surface area (Å²) in [5.74, 6) is -0.666. The van der Waals surface area contributed by atoms with Crippen molar-refractivity contribution in [2.45, 2.75) is 51.9 Å². The summed E-state index contributed by atoms with van der Waals surface area (Å²) in [4.78, 5) is 10.1. The maximum atomic E-state index is 10.1. The minimum absolute atomic E-state index is 0. The van der Waals surface area contributed by atoms with Crippen molar-refractivity contribution in [1.82, 2.24) is 0 Å². The van der Waals surface area contributed by atoms with Gasteiger partial charge in [-0.2, -0.15) is 0 Å². The van der Waals surface area contributed by atoms with Crippen LogP contribution in [-0.4, -0.2) is 11.1 Å². The fourth-order valence-corrected chi connectivity index (χ4v) is 1.06. The molecular formula is C9H18CdO2. The van der Waals surface area contributed by atoms with Gasteiger partial charge in [0.1, 0.15) is 0 Å². The van der Waals surface area contributed by atoms with E-state index >= 15 is 0 Å². The van der Waals surface area contributed by atoms with Gasteiger partial charge in [0.2, 0.25) is 0 Å². The number of rotatable bonds is 7. The van der Waals surface area contributed by atoms with Crippen LogP contribution in [0.4, 0.5) is 0 Å². The van der Waals surface area contributed by atoms with Crippen molar-refractivity contribution in [2.75, 3.05) is 0 Å². The minimum atomic E-state index is -0.666. The van der Waals surface area contributed by atoms with Crippen molar-refractivity contribution < 1.29 is 37.2 Å². The average molecular weight is 271 g/mol. The summed E-state index contributed by atoms with van der Waals surface area (Å²) in [5, 5.41) is 8.32. The van der Waals surface area contributed by atoms with Crippen LogP contribution >= 0.6 is 0 Å². The van der Waals surface area contributed by atoms with E-state index in [-0.39, 0.29) is 27.3 Å². The molecule has 0 saturated heterocycles. The van der Waals surface area contributed by atoms with Gasteiger partial charge >= 0.3 is 5.97 Å². The summed E-state index contributed by atoms with van der Waals surface area (Å²) in [6, 6.07) is 0. The summed E-state index contributed by atoms with van der Waals surface area (Å²) in [5.41, 5.74) is 0. The molecule has 68 valence electrons. The van der Waals surface area contributed by atoms with Gasteiger partial charge < -0.3 is 5.11 Å². The van der Waals surface area contributed by atoms with Gasteiger partial charge in [-0.1, -0.05) is 39.0 Å². The Bertz CT molecular complexity index is 105. The van der Waals surface area contributed by atoms with Crippen LogP contribution in [0.15, 0.2) is 0 Å². The normalized spacial score (nSPS) is 9.08. The molecule has 0 rings (SSSR count). The first-order chi connectivity index (χ1) is 5.27. The monoisotopic (exact) mass is 272 g/mol. The Morgan fingerprint density at radius 2 is 1.58 bits per heavy atom. The van der Waals surface area contributed by atoms with E-state index in [4.69, 9.17) is 5.11 Å². The van der Waals surface area contributed by atoms with Crippen LogP contribution in [0.25, 0.3) is 0 Å². The Morgan fingerprint density at radius 1 is 1.08 bits per heavy atom. The molecule has 0 unspecified atom stereocenters. The molecule has 0 atom stereocenters. The van der Waals surface area contributed by atoms with Crippen LogP contribution in [-0.2, 0) is 32.1 Å². The average Bonchev–Trinajstić information content (AvgIpc) is 1.96. The smallest absolute Gasteiger partial charge is 0.303 e. The van der Waals surface area contributed by atoms with E-state index in [0.29, 0.717) is 6.42 Å². The molecular weight excluding hydrogens is 253 g/mol. The first-order valence-corrected chi connectivity index (χ1v) is 4.49. The molecule has 0 bridgehead atoms. The fraction of sp³-hybridized carbons (Fsp3) is 0.889. The maximum Gasteiger partial charge on any atom is 0.303 e. The van der Waals surface area contributed by atoms with Gasteiger partial charge in [0.05, 0.1) is 0 Å². The third kappa shape index (κ3) is 13.0. The summed E-state index contributed by atoms with van der Waals surface area (Å²) >= 11 is 0. The zero-order valence-electron chi connectivity index (χ0n) is 8.01. The minimum Gasteiger partial charge on any atom is -0.481 e. The van der Waals surface area contributed by atoms with E-state index in [1.807, 2.05) is 0 Å². The number of carbonyl (C=O) groups is 1. The second kappa shape index (κ2) is 11.4. The predicted octanol–water partition coefficient (Wildman–Crippen LogP) is 2.82. The summed E-state index contributed by atoms with van der Waals surface area (Å²) in [7, 11) is 0. The zero-order chi connectivity index (χ0) is 8.53. The number of carboxylic acids is 1. The van der Waals surface area contributed by atoms with Gasteiger partial charge in [-0.3, -0.25) is 4.79 Å². The Morgan fingerprint density at radius 3 is 2.08 bits per heavy atom. The SMILES string of the molecule is CCCCCCCCC(=O)O.[Cd]. The molecule has 0 spiro atoms. The van der Waals surface area contributed by atoms with Crippen LogP contribution < -0.4 is 0 Å². The Labute approximate surface area is 94.9 Å². The van der Waals surface area contributed by atoms with Crippen LogP contribution in [0.1, 0.15) is 51.9 Å².